The molecule has 1 aliphatic rings. The SMILES string of the molecule is CSCC[C@H](NC(=O)[C@H](C)NC(=O)[C@H](CCCN=C(N)N)NC(=O)[C@H](CC1CCCCC1)NC(C)=O)C(=O)N[C@@H](C)C(N)=O. The summed E-state index contributed by atoms with van der Waals surface area (Å²) in [4.78, 5) is 79.7. The maximum absolute atomic E-state index is 13.4. The highest BCUT2D eigenvalue weighted by Gasteiger charge is 2.31. The Bertz CT molecular complexity index is 1020. The zero-order chi connectivity index (χ0) is 33.2. The van der Waals surface area contributed by atoms with E-state index in [1.807, 2.05) is 6.26 Å². The smallest absolute Gasteiger partial charge is 0.243 e. The molecule has 250 valence electrons. The third kappa shape index (κ3) is 15.3. The van der Waals surface area contributed by atoms with Crippen molar-refractivity contribution in [3.63, 3.8) is 0 Å². The first-order valence-corrected chi connectivity index (χ1v) is 16.5. The van der Waals surface area contributed by atoms with Crippen LogP contribution >= 0.6 is 11.8 Å². The minimum atomic E-state index is -1.08. The van der Waals surface area contributed by atoms with E-state index in [1.54, 1.807) is 0 Å². The van der Waals surface area contributed by atoms with Crippen LogP contribution in [0.1, 0.15) is 78.6 Å². The van der Waals surface area contributed by atoms with E-state index in [4.69, 9.17) is 17.2 Å². The Morgan fingerprint density at radius 2 is 1.30 bits per heavy atom. The highest BCUT2D eigenvalue weighted by molar-refractivity contribution is 7.98. The third-order valence-electron chi connectivity index (χ3n) is 7.35. The molecule has 1 saturated carbocycles. The number of nitrogens with zero attached hydrogens (tertiary/aromatic N) is 1. The second kappa shape index (κ2) is 20.4. The summed E-state index contributed by atoms with van der Waals surface area (Å²) in [5.74, 6) is -2.69. The summed E-state index contributed by atoms with van der Waals surface area (Å²) < 4.78 is 0. The lowest BCUT2D eigenvalue weighted by molar-refractivity contribution is -0.134. The molecule has 6 amide bonds. The number of nitrogens with one attached hydrogen (secondary N) is 5. The molecule has 0 aromatic carbocycles. The van der Waals surface area contributed by atoms with Crippen LogP contribution in [0.3, 0.4) is 0 Å². The maximum atomic E-state index is 13.4. The Morgan fingerprint density at radius 1 is 0.750 bits per heavy atom. The summed E-state index contributed by atoms with van der Waals surface area (Å²) in [5, 5.41) is 13.2. The molecule has 0 aromatic rings. The van der Waals surface area contributed by atoms with Crippen molar-refractivity contribution in [3.8, 4) is 0 Å². The van der Waals surface area contributed by atoms with Crippen LogP contribution in [0, 0.1) is 5.92 Å². The quantitative estimate of drug-likeness (QED) is 0.0475. The van der Waals surface area contributed by atoms with Crippen LogP contribution in [-0.4, -0.2) is 90.2 Å². The zero-order valence-electron chi connectivity index (χ0n) is 26.3. The Hall–Kier alpha value is -3.56. The van der Waals surface area contributed by atoms with Gasteiger partial charge in [0.05, 0.1) is 0 Å². The van der Waals surface area contributed by atoms with Crippen molar-refractivity contribution in [1.29, 1.82) is 0 Å². The van der Waals surface area contributed by atoms with Crippen molar-refractivity contribution >= 4 is 53.2 Å². The fourth-order valence-electron chi connectivity index (χ4n) is 4.84. The monoisotopic (exact) mass is 641 g/mol. The number of aliphatic imine (C=N–C) groups is 1. The first-order valence-electron chi connectivity index (χ1n) is 15.1. The highest BCUT2D eigenvalue weighted by Crippen LogP contribution is 2.27. The molecule has 0 unspecified atom stereocenters. The van der Waals surface area contributed by atoms with Crippen molar-refractivity contribution in [3.05, 3.63) is 0 Å². The van der Waals surface area contributed by atoms with E-state index >= 15 is 0 Å². The second-order valence-corrected chi connectivity index (χ2v) is 12.2. The van der Waals surface area contributed by atoms with E-state index in [0.29, 0.717) is 18.6 Å². The predicted molar refractivity (Wildman–Crippen MR) is 170 cm³/mol. The average Bonchev–Trinajstić information content (AvgIpc) is 2.96. The number of nitrogens with two attached hydrogens (primary N) is 3. The van der Waals surface area contributed by atoms with E-state index in [2.05, 4.69) is 31.6 Å². The summed E-state index contributed by atoms with van der Waals surface area (Å²) in [6.45, 7) is 4.43. The standard InChI is InChI=1S/C28H51N9O6S/c1-16(23(29)39)33-26(42)21(12-14-44-4)36-24(40)17(2)34-25(41)20(11-8-13-32-28(30)31)37-27(43)22(35-18(3)38)15-19-9-6-5-7-10-19/h16-17,19-22H,5-15H2,1-4H3,(H2,29,39)(H,33,42)(H,34,41)(H,35,38)(H,36,40)(H,37,43)(H4,30,31,32)/t16-,17-,20-,21-,22-/m0/s1. The summed E-state index contributed by atoms with van der Waals surface area (Å²) in [6.07, 6.45) is 8.30. The van der Waals surface area contributed by atoms with E-state index in [9.17, 15) is 28.8 Å². The maximum Gasteiger partial charge on any atom is 0.243 e. The van der Waals surface area contributed by atoms with Gasteiger partial charge in [-0.1, -0.05) is 32.1 Å². The van der Waals surface area contributed by atoms with Gasteiger partial charge in [0.25, 0.3) is 0 Å². The van der Waals surface area contributed by atoms with Crippen LogP contribution in [-0.2, 0) is 28.8 Å². The van der Waals surface area contributed by atoms with Crippen LogP contribution in [0.4, 0.5) is 0 Å². The molecule has 1 aliphatic carbocycles. The molecule has 0 aliphatic heterocycles. The van der Waals surface area contributed by atoms with E-state index in [0.717, 1.165) is 32.1 Å². The Labute approximate surface area is 263 Å². The molecule has 0 aromatic heterocycles. The molecular weight excluding hydrogens is 590 g/mol. The van der Waals surface area contributed by atoms with Gasteiger partial charge in [0.2, 0.25) is 35.4 Å². The summed E-state index contributed by atoms with van der Waals surface area (Å²) in [5.41, 5.74) is 16.0. The lowest BCUT2D eigenvalue weighted by Gasteiger charge is -2.28. The van der Waals surface area contributed by atoms with Gasteiger partial charge in [-0.2, -0.15) is 11.8 Å². The first kappa shape index (κ1) is 38.5. The van der Waals surface area contributed by atoms with Crippen LogP contribution in [0.2, 0.25) is 0 Å². The van der Waals surface area contributed by atoms with Gasteiger partial charge in [-0.25, -0.2) is 0 Å². The number of carbonyl (C=O) groups excluding carboxylic acids is 6. The number of thioether (sulfide) groups is 1. The van der Waals surface area contributed by atoms with Crippen LogP contribution in [0.5, 0.6) is 0 Å². The number of guanidine groups is 1. The second-order valence-electron chi connectivity index (χ2n) is 11.2. The van der Waals surface area contributed by atoms with Crippen molar-refractivity contribution < 1.29 is 28.8 Å². The Kier molecular flexibility index (Phi) is 17.8. The van der Waals surface area contributed by atoms with Gasteiger partial charge in [0.15, 0.2) is 5.96 Å². The molecule has 0 heterocycles. The minimum Gasteiger partial charge on any atom is -0.370 e. The van der Waals surface area contributed by atoms with Crippen molar-refractivity contribution in [1.82, 2.24) is 26.6 Å². The van der Waals surface area contributed by atoms with Gasteiger partial charge in [0, 0.05) is 13.5 Å². The molecule has 11 N–H and O–H groups in total. The topological polar surface area (TPSA) is 253 Å². The van der Waals surface area contributed by atoms with Gasteiger partial charge in [0.1, 0.15) is 30.2 Å². The lowest BCUT2D eigenvalue weighted by atomic mass is 9.84. The van der Waals surface area contributed by atoms with Crippen molar-refractivity contribution in [2.75, 3.05) is 18.6 Å². The fourth-order valence-corrected chi connectivity index (χ4v) is 5.32. The van der Waals surface area contributed by atoms with Crippen LogP contribution < -0.4 is 43.8 Å². The summed E-state index contributed by atoms with van der Waals surface area (Å²) >= 11 is 1.47. The third-order valence-corrected chi connectivity index (χ3v) is 7.99. The van der Waals surface area contributed by atoms with Gasteiger partial charge in [-0.3, -0.25) is 33.8 Å². The van der Waals surface area contributed by atoms with Crippen LogP contribution in [0.15, 0.2) is 4.99 Å². The molecular formula is C28H51N9O6S. The molecule has 1 fully saturated rings. The molecule has 16 heteroatoms. The van der Waals surface area contributed by atoms with Crippen LogP contribution in [0.25, 0.3) is 0 Å². The highest BCUT2D eigenvalue weighted by atomic mass is 32.2. The average molecular weight is 642 g/mol. The predicted octanol–water partition coefficient (Wildman–Crippen LogP) is -1.27. The number of primary amides is 1. The zero-order valence-corrected chi connectivity index (χ0v) is 27.1. The molecule has 0 bridgehead atoms. The minimum absolute atomic E-state index is 0.108. The number of rotatable bonds is 19. The summed E-state index contributed by atoms with van der Waals surface area (Å²) in [7, 11) is 0. The first-order chi connectivity index (χ1) is 20.7. The molecule has 15 nitrogen and oxygen atoms in total. The van der Waals surface area contributed by atoms with E-state index in [-0.39, 0.29) is 37.2 Å². The summed E-state index contributed by atoms with van der Waals surface area (Å²) in [6, 6.07) is -4.85. The molecule has 1 rings (SSSR count). The van der Waals surface area contributed by atoms with Crippen molar-refractivity contribution in [2.45, 2.75) is 109 Å². The molecule has 44 heavy (non-hydrogen) atoms. The molecule has 0 radical (unpaired) electrons. The largest absolute Gasteiger partial charge is 0.370 e. The van der Waals surface area contributed by atoms with E-state index < -0.39 is 59.7 Å². The number of amides is 6. The molecule has 5 atom stereocenters. The fraction of sp³-hybridized carbons (Fsp3) is 0.750. The van der Waals surface area contributed by atoms with Gasteiger partial charge < -0.3 is 43.8 Å². The Balaban J connectivity index is 3.00. The number of hydrogen-bond donors (Lipinski definition) is 8. The number of carbonyl (C=O) groups is 6. The normalized spacial score (nSPS) is 16.6. The molecule has 0 spiro atoms. The lowest BCUT2D eigenvalue weighted by Crippen LogP contribution is -2.58. The van der Waals surface area contributed by atoms with Crippen molar-refractivity contribution in [2.24, 2.45) is 28.1 Å². The van der Waals surface area contributed by atoms with E-state index in [1.165, 1.54) is 32.5 Å². The van der Waals surface area contributed by atoms with Gasteiger partial charge in [-0.15, -0.1) is 0 Å². The van der Waals surface area contributed by atoms with Gasteiger partial charge in [-0.05, 0) is 57.5 Å². The number of hydrogen-bond acceptors (Lipinski definition) is 8. The molecule has 0 saturated heterocycles. The Morgan fingerprint density at radius 3 is 1.84 bits per heavy atom. The van der Waals surface area contributed by atoms with Gasteiger partial charge >= 0.3 is 0 Å².